The summed E-state index contributed by atoms with van der Waals surface area (Å²) < 4.78 is 6.09. The number of ether oxygens (including phenoxy) is 1. The molecule has 6 heteroatoms. The van der Waals surface area contributed by atoms with Gasteiger partial charge in [-0.2, -0.15) is 0 Å². The van der Waals surface area contributed by atoms with Gasteiger partial charge in [0.2, 0.25) is 0 Å². The second-order valence-electron chi connectivity index (χ2n) is 15.1. The van der Waals surface area contributed by atoms with Crippen molar-refractivity contribution in [1.82, 2.24) is 0 Å². The van der Waals surface area contributed by atoms with E-state index >= 15 is 0 Å². The van der Waals surface area contributed by atoms with Gasteiger partial charge in [0.1, 0.15) is 6.10 Å². The molecule has 1 unspecified atom stereocenters. The van der Waals surface area contributed by atoms with Crippen molar-refractivity contribution in [3.8, 4) is 0 Å². The lowest BCUT2D eigenvalue weighted by Crippen LogP contribution is -2.66. The molecule has 0 aromatic carbocycles. The van der Waals surface area contributed by atoms with Crippen molar-refractivity contribution in [2.24, 2.45) is 51.6 Å². The van der Waals surface area contributed by atoms with Crippen LogP contribution in [0.1, 0.15) is 106 Å². The van der Waals surface area contributed by atoms with Crippen LogP contribution in [0.5, 0.6) is 0 Å². The fourth-order valence-corrected chi connectivity index (χ4v) is 11.3. The Morgan fingerprint density at radius 1 is 0.975 bits per heavy atom. The van der Waals surface area contributed by atoms with Gasteiger partial charge in [-0.3, -0.25) is 9.59 Å². The van der Waals surface area contributed by atoms with E-state index in [2.05, 4.69) is 34.6 Å². The summed E-state index contributed by atoms with van der Waals surface area (Å²) in [4.78, 5) is 25.9. The average Bonchev–Trinajstić information content (AvgIpc) is 3.44. The molecule has 0 saturated heterocycles. The van der Waals surface area contributed by atoms with Gasteiger partial charge in [0.15, 0.2) is 5.78 Å². The lowest BCUT2D eigenvalue weighted by atomic mass is 9.36. The van der Waals surface area contributed by atoms with Crippen LogP contribution in [-0.2, 0) is 14.3 Å². The number of aliphatic hydroxyl groups is 2. The number of rotatable bonds is 4. The number of ketones is 1. The minimum absolute atomic E-state index is 0.0117. The quantitative estimate of drug-likeness (QED) is 0.240. The van der Waals surface area contributed by atoms with Crippen LogP contribution in [0, 0.1) is 45.8 Å². The van der Waals surface area contributed by atoms with E-state index in [4.69, 9.17) is 10.5 Å². The van der Waals surface area contributed by atoms with Crippen molar-refractivity contribution < 1.29 is 24.5 Å². The third kappa shape index (κ3) is 4.29. The van der Waals surface area contributed by atoms with Crippen molar-refractivity contribution in [3.05, 3.63) is 22.3 Å². The zero-order chi connectivity index (χ0) is 29.4. The summed E-state index contributed by atoms with van der Waals surface area (Å²) in [5, 5.41) is 23.0. The Morgan fingerprint density at radius 2 is 1.68 bits per heavy atom. The highest BCUT2D eigenvalue weighted by Gasteiger charge is 2.71. The summed E-state index contributed by atoms with van der Waals surface area (Å²) in [7, 11) is 0. The van der Waals surface area contributed by atoms with E-state index in [1.54, 1.807) is 6.92 Å². The largest absolute Gasteiger partial charge is 0.458 e. The molecular weight excluding hydrogens is 502 g/mol. The molecule has 0 radical (unpaired) electrons. The third-order valence-corrected chi connectivity index (χ3v) is 13.1. The minimum Gasteiger partial charge on any atom is -0.458 e. The van der Waals surface area contributed by atoms with Crippen LogP contribution in [0.15, 0.2) is 22.3 Å². The highest BCUT2D eigenvalue weighted by Crippen LogP contribution is 2.74. The lowest BCUT2D eigenvalue weighted by Gasteiger charge is -2.69. The molecule has 5 rings (SSSR count). The van der Waals surface area contributed by atoms with Gasteiger partial charge in [-0.05, 0) is 131 Å². The number of carbonyl (C=O) groups is 2. The van der Waals surface area contributed by atoms with Crippen LogP contribution < -0.4 is 5.73 Å². The molecule has 0 heterocycles. The molecule has 11 atom stereocenters. The predicted octanol–water partition coefficient (Wildman–Crippen LogP) is 5.50. The molecule has 0 amide bonds. The van der Waals surface area contributed by atoms with Crippen molar-refractivity contribution in [1.29, 1.82) is 0 Å². The summed E-state index contributed by atoms with van der Waals surface area (Å²) in [5.41, 5.74) is 10.3. The Morgan fingerprint density at radius 3 is 2.25 bits per heavy atom. The number of nitrogens with two attached hydrogens (primary N) is 1. The Hall–Kier alpha value is -1.50. The van der Waals surface area contributed by atoms with E-state index in [9.17, 15) is 19.8 Å². The van der Waals surface area contributed by atoms with E-state index in [0.717, 1.165) is 56.1 Å². The van der Waals surface area contributed by atoms with Gasteiger partial charge in [-0.1, -0.05) is 31.9 Å². The molecule has 5 aliphatic carbocycles. The van der Waals surface area contributed by atoms with Crippen LogP contribution in [0.4, 0.5) is 0 Å². The second-order valence-corrected chi connectivity index (χ2v) is 15.1. The minimum atomic E-state index is -0.527. The van der Waals surface area contributed by atoms with E-state index < -0.39 is 12.2 Å². The molecule has 5 fully saturated rings. The van der Waals surface area contributed by atoms with E-state index in [1.165, 1.54) is 18.1 Å². The number of fused-ring (bicyclic) bond motifs is 5. The van der Waals surface area contributed by atoms with Gasteiger partial charge in [0, 0.05) is 18.4 Å². The lowest BCUT2D eigenvalue weighted by molar-refractivity contribution is -0.234. The van der Waals surface area contributed by atoms with E-state index in [0.29, 0.717) is 19.4 Å². The maximum absolute atomic E-state index is 13.5. The van der Waals surface area contributed by atoms with Crippen molar-refractivity contribution in [2.45, 2.75) is 125 Å². The topological polar surface area (TPSA) is 110 Å². The van der Waals surface area contributed by atoms with Crippen LogP contribution >= 0.6 is 0 Å². The predicted molar refractivity (Wildman–Crippen MR) is 156 cm³/mol. The molecule has 4 N–H and O–H groups in total. The van der Waals surface area contributed by atoms with Gasteiger partial charge in [0.05, 0.1) is 12.2 Å². The zero-order valence-corrected chi connectivity index (χ0v) is 25.9. The number of Topliss-reactive ketones (excluding diaryl/α,β-unsaturated/α-hetero) is 1. The maximum atomic E-state index is 13.5. The summed E-state index contributed by atoms with van der Waals surface area (Å²) in [6.07, 6.45) is 6.30. The number of hydrogen-bond donors (Lipinski definition) is 3. The molecule has 0 aliphatic heterocycles. The van der Waals surface area contributed by atoms with Gasteiger partial charge in [-0.15, -0.1) is 0 Å². The van der Waals surface area contributed by atoms with Gasteiger partial charge in [0.25, 0.3) is 0 Å². The fraction of sp³-hybridized carbons (Fsp3) is 0.824. The molecule has 224 valence electrons. The van der Waals surface area contributed by atoms with Crippen molar-refractivity contribution in [3.63, 3.8) is 0 Å². The first kappa shape index (κ1) is 30.0. The fourth-order valence-electron chi connectivity index (χ4n) is 11.3. The van der Waals surface area contributed by atoms with Gasteiger partial charge in [-0.25, -0.2) is 0 Å². The standard InChI is InChI=1S/C34H53NO5/c1-18(2)21-8-9-22(14-21)29(19(3)36)30-25-15-27(39)31-32(5)12-11-26(38)23(17-35)24(32)10-13-33(31,6)34(25,7)16-28(30)40-20(4)37/h22-28,31,38-39H,8-17,35H2,1-7H3/b30-29+/t22?,23-,24-,25-,26+,27+,28-,31-,32-,33-,34-/m0/s1. The molecule has 0 aromatic rings. The number of allylic oxidation sites excluding steroid dienone is 3. The summed E-state index contributed by atoms with van der Waals surface area (Å²) in [6, 6.07) is 0. The van der Waals surface area contributed by atoms with E-state index in [-0.39, 0.29) is 63.7 Å². The maximum Gasteiger partial charge on any atom is 0.303 e. The average molecular weight is 556 g/mol. The molecule has 0 aromatic heterocycles. The van der Waals surface area contributed by atoms with Crippen molar-refractivity contribution in [2.75, 3.05) is 6.54 Å². The van der Waals surface area contributed by atoms with Crippen LogP contribution in [-0.4, -0.2) is 46.8 Å². The van der Waals surface area contributed by atoms with Crippen LogP contribution in [0.25, 0.3) is 0 Å². The molecule has 0 spiro atoms. The van der Waals surface area contributed by atoms with Crippen molar-refractivity contribution >= 4 is 11.8 Å². The molecular formula is C34H53NO5. The first-order valence-electron chi connectivity index (χ1n) is 15.8. The monoisotopic (exact) mass is 555 g/mol. The van der Waals surface area contributed by atoms with E-state index in [1.807, 2.05) is 0 Å². The Labute approximate surface area is 241 Å². The Balaban J connectivity index is 1.63. The van der Waals surface area contributed by atoms with Crippen LogP contribution in [0.2, 0.25) is 0 Å². The third-order valence-electron chi connectivity index (χ3n) is 13.1. The number of carbonyl (C=O) groups excluding carboxylic acids is 2. The molecule has 40 heavy (non-hydrogen) atoms. The smallest absolute Gasteiger partial charge is 0.303 e. The van der Waals surface area contributed by atoms with Gasteiger partial charge >= 0.3 is 5.97 Å². The summed E-state index contributed by atoms with van der Waals surface area (Å²) in [6.45, 7) is 15.0. The first-order chi connectivity index (χ1) is 18.7. The molecule has 0 bridgehead atoms. The highest BCUT2D eigenvalue weighted by atomic mass is 16.5. The van der Waals surface area contributed by atoms with Crippen LogP contribution in [0.3, 0.4) is 0 Å². The first-order valence-corrected chi connectivity index (χ1v) is 15.8. The summed E-state index contributed by atoms with van der Waals surface area (Å²) in [5.74, 6) is 0.299. The zero-order valence-electron chi connectivity index (χ0n) is 25.9. The number of aliphatic hydroxyl groups excluding tert-OH is 2. The molecule has 6 nitrogen and oxygen atoms in total. The number of hydrogen-bond acceptors (Lipinski definition) is 6. The SMILES string of the molecule is CC(=O)O[C@H]1C[C@@]2(C)[C@@H](C[C@@H](O)[C@H]3[C@@]4(C)CC[C@@H](O)[C@@H](CN)[C@@H]4CC[C@@]32C)/C1=C(/C(C)=O)C1CCC(=C(C)C)C1. The Kier molecular flexibility index (Phi) is 7.75. The molecule has 5 saturated carbocycles. The normalized spacial score (nSPS) is 47.7. The summed E-state index contributed by atoms with van der Waals surface area (Å²) >= 11 is 0. The highest BCUT2D eigenvalue weighted by molar-refractivity contribution is 5.95. The number of esters is 1. The molecule has 5 aliphatic rings. The van der Waals surface area contributed by atoms with Gasteiger partial charge < -0.3 is 20.7 Å². The second kappa shape index (κ2) is 10.3. The Bertz CT molecular complexity index is 1120.